The van der Waals surface area contributed by atoms with Crippen molar-refractivity contribution in [3.05, 3.63) is 53.5 Å². The van der Waals surface area contributed by atoms with E-state index < -0.39 is 5.97 Å². The Kier molecular flexibility index (Phi) is 4.11. The Morgan fingerprint density at radius 3 is 2.68 bits per heavy atom. The third kappa shape index (κ3) is 2.96. The summed E-state index contributed by atoms with van der Waals surface area (Å²) in [6.45, 7) is 1.94. The van der Waals surface area contributed by atoms with E-state index in [0.29, 0.717) is 17.1 Å². The SMILES string of the molecule is O=C(O)c1[nH]c2c(ncn2C2CCNCC2)c1C=Cc1ccccc1. The summed E-state index contributed by atoms with van der Waals surface area (Å²) in [4.78, 5) is 19.3. The Balaban J connectivity index is 1.77. The zero-order chi connectivity index (χ0) is 17.2. The molecule has 0 amide bonds. The molecule has 128 valence electrons. The van der Waals surface area contributed by atoms with E-state index in [-0.39, 0.29) is 5.69 Å². The molecule has 25 heavy (non-hydrogen) atoms. The van der Waals surface area contributed by atoms with Crippen LogP contribution in [0.1, 0.15) is 40.5 Å². The van der Waals surface area contributed by atoms with Crippen LogP contribution in [0.5, 0.6) is 0 Å². The largest absolute Gasteiger partial charge is 0.477 e. The number of hydrogen-bond acceptors (Lipinski definition) is 3. The fraction of sp³-hybridized carbons (Fsp3) is 0.263. The predicted octanol–water partition coefficient (Wildman–Crippen LogP) is 3.16. The van der Waals surface area contributed by atoms with Crippen molar-refractivity contribution in [3.8, 4) is 0 Å². The first-order valence-electron chi connectivity index (χ1n) is 8.49. The topological polar surface area (TPSA) is 82.9 Å². The van der Waals surface area contributed by atoms with Gasteiger partial charge in [0.05, 0.1) is 6.33 Å². The number of aromatic carboxylic acids is 1. The number of H-pyrrole nitrogens is 1. The maximum absolute atomic E-state index is 11.7. The molecule has 0 bridgehead atoms. The van der Waals surface area contributed by atoms with E-state index in [2.05, 4.69) is 19.9 Å². The number of imidazole rings is 1. The second-order valence-electron chi connectivity index (χ2n) is 6.29. The summed E-state index contributed by atoms with van der Waals surface area (Å²) in [6.07, 6.45) is 7.60. The van der Waals surface area contributed by atoms with Crippen molar-refractivity contribution in [3.63, 3.8) is 0 Å². The van der Waals surface area contributed by atoms with E-state index in [9.17, 15) is 9.90 Å². The number of fused-ring (bicyclic) bond motifs is 1. The summed E-state index contributed by atoms with van der Waals surface area (Å²) in [5, 5.41) is 12.9. The number of nitrogens with zero attached hydrogens (tertiary/aromatic N) is 2. The zero-order valence-corrected chi connectivity index (χ0v) is 13.8. The molecule has 1 aliphatic heterocycles. The van der Waals surface area contributed by atoms with Gasteiger partial charge in [0.2, 0.25) is 0 Å². The van der Waals surface area contributed by atoms with E-state index in [1.165, 1.54) is 0 Å². The van der Waals surface area contributed by atoms with Crippen LogP contribution in [0.15, 0.2) is 36.7 Å². The van der Waals surface area contributed by atoms with Crippen molar-refractivity contribution < 1.29 is 9.90 Å². The predicted molar refractivity (Wildman–Crippen MR) is 97.6 cm³/mol. The maximum atomic E-state index is 11.7. The van der Waals surface area contributed by atoms with Crippen molar-refractivity contribution in [1.82, 2.24) is 19.9 Å². The number of nitrogens with one attached hydrogen (secondary N) is 2. The second-order valence-corrected chi connectivity index (χ2v) is 6.29. The Hall–Kier alpha value is -2.86. The molecule has 1 fully saturated rings. The molecule has 3 heterocycles. The van der Waals surface area contributed by atoms with E-state index >= 15 is 0 Å². The number of benzene rings is 1. The first kappa shape index (κ1) is 15.7. The van der Waals surface area contributed by atoms with Gasteiger partial charge in [-0.05, 0) is 37.6 Å². The molecule has 0 atom stereocenters. The second kappa shape index (κ2) is 6.57. The van der Waals surface area contributed by atoms with Crippen LogP contribution in [0.2, 0.25) is 0 Å². The number of carboxylic acid groups (broad SMARTS) is 1. The number of carbonyl (C=O) groups is 1. The van der Waals surface area contributed by atoms with Gasteiger partial charge in [-0.1, -0.05) is 36.4 Å². The number of carboxylic acids is 1. The average Bonchev–Trinajstić information content (AvgIpc) is 3.21. The minimum absolute atomic E-state index is 0.188. The first-order chi connectivity index (χ1) is 12.2. The van der Waals surface area contributed by atoms with Crippen LogP contribution in [0.4, 0.5) is 0 Å². The zero-order valence-electron chi connectivity index (χ0n) is 13.8. The molecule has 0 radical (unpaired) electrons. The standard InChI is InChI=1S/C19H20N4O2/c24-19(25)17-15(7-6-13-4-2-1-3-5-13)16-18(22-17)23(12-21-16)14-8-10-20-11-9-14/h1-7,12,14,20,22H,8-11H2,(H,24,25). The molecule has 6 heteroatoms. The molecule has 2 aromatic heterocycles. The van der Waals surface area contributed by atoms with E-state index in [0.717, 1.165) is 37.1 Å². The Morgan fingerprint density at radius 2 is 1.96 bits per heavy atom. The van der Waals surface area contributed by atoms with Gasteiger partial charge in [0.1, 0.15) is 16.9 Å². The monoisotopic (exact) mass is 336 g/mol. The molecular weight excluding hydrogens is 316 g/mol. The molecule has 1 saturated heterocycles. The summed E-state index contributed by atoms with van der Waals surface area (Å²) in [7, 11) is 0. The van der Waals surface area contributed by atoms with Gasteiger partial charge >= 0.3 is 5.97 Å². The van der Waals surface area contributed by atoms with Gasteiger partial charge in [-0.3, -0.25) is 0 Å². The summed E-state index contributed by atoms with van der Waals surface area (Å²) < 4.78 is 2.09. The van der Waals surface area contributed by atoms with Gasteiger partial charge in [0.25, 0.3) is 0 Å². The molecule has 3 aromatic rings. The highest BCUT2D eigenvalue weighted by Gasteiger charge is 2.23. The first-order valence-corrected chi connectivity index (χ1v) is 8.49. The lowest BCUT2D eigenvalue weighted by Crippen LogP contribution is -2.29. The third-order valence-corrected chi connectivity index (χ3v) is 4.72. The lowest BCUT2D eigenvalue weighted by Gasteiger charge is -2.23. The van der Waals surface area contributed by atoms with Gasteiger partial charge < -0.3 is 20.0 Å². The van der Waals surface area contributed by atoms with E-state index in [4.69, 9.17) is 0 Å². The van der Waals surface area contributed by atoms with Gasteiger partial charge in [-0.15, -0.1) is 0 Å². The maximum Gasteiger partial charge on any atom is 0.353 e. The highest BCUT2D eigenvalue weighted by atomic mass is 16.4. The average molecular weight is 336 g/mol. The normalized spacial score (nSPS) is 16.0. The molecule has 6 nitrogen and oxygen atoms in total. The van der Waals surface area contributed by atoms with E-state index in [1.807, 2.05) is 48.8 Å². The molecule has 0 spiro atoms. The van der Waals surface area contributed by atoms with Gasteiger partial charge in [0.15, 0.2) is 0 Å². The Labute approximate surface area is 145 Å². The van der Waals surface area contributed by atoms with Crippen LogP contribution in [0, 0.1) is 0 Å². The smallest absolute Gasteiger partial charge is 0.353 e. The highest BCUT2D eigenvalue weighted by Crippen LogP contribution is 2.28. The van der Waals surface area contributed by atoms with Crippen LogP contribution in [-0.4, -0.2) is 38.7 Å². The number of hydrogen-bond donors (Lipinski definition) is 3. The number of aromatic amines is 1. The highest BCUT2D eigenvalue weighted by molar-refractivity contribution is 6.01. The molecule has 4 rings (SSSR count). The minimum atomic E-state index is -0.970. The van der Waals surface area contributed by atoms with Crippen LogP contribution in [0.3, 0.4) is 0 Å². The van der Waals surface area contributed by atoms with Crippen molar-refractivity contribution in [2.24, 2.45) is 0 Å². The number of aromatic nitrogens is 3. The fourth-order valence-corrected chi connectivity index (χ4v) is 3.42. The third-order valence-electron chi connectivity index (χ3n) is 4.72. The molecule has 3 N–H and O–H groups in total. The fourth-order valence-electron chi connectivity index (χ4n) is 3.42. The van der Waals surface area contributed by atoms with E-state index in [1.54, 1.807) is 0 Å². The summed E-state index contributed by atoms with van der Waals surface area (Å²) >= 11 is 0. The summed E-state index contributed by atoms with van der Waals surface area (Å²) in [5.41, 5.74) is 3.33. The van der Waals surface area contributed by atoms with Crippen LogP contribution < -0.4 is 5.32 Å². The van der Waals surface area contributed by atoms with Crippen molar-refractivity contribution >= 4 is 29.3 Å². The lowest BCUT2D eigenvalue weighted by atomic mass is 10.1. The molecular formula is C19H20N4O2. The van der Waals surface area contributed by atoms with Crippen LogP contribution >= 0.6 is 0 Å². The Bertz CT molecular complexity index is 918. The molecule has 1 aliphatic rings. The minimum Gasteiger partial charge on any atom is -0.477 e. The van der Waals surface area contributed by atoms with Crippen molar-refractivity contribution in [1.29, 1.82) is 0 Å². The molecule has 0 saturated carbocycles. The quantitative estimate of drug-likeness (QED) is 0.683. The number of rotatable bonds is 4. The lowest BCUT2D eigenvalue weighted by molar-refractivity contribution is 0.0691. The van der Waals surface area contributed by atoms with Crippen molar-refractivity contribution in [2.75, 3.05) is 13.1 Å². The Morgan fingerprint density at radius 1 is 1.20 bits per heavy atom. The van der Waals surface area contributed by atoms with Crippen LogP contribution in [-0.2, 0) is 0 Å². The van der Waals surface area contributed by atoms with Gasteiger partial charge in [-0.25, -0.2) is 9.78 Å². The summed E-state index contributed by atoms with van der Waals surface area (Å²) in [5.74, 6) is -0.970. The van der Waals surface area contributed by atoms with Gasteiger partial charge in [0, 0.05) is 11.6 Å². The molecule has 0 unspecified atom stereocenters. The molecule has 0 aliphatic carbocycles. The molecule has 1 aromatic carbocycles. The summed E-state index contributed by atoms with van der Waals surface area (Å²) in [6, 6.07) is 10.2. The van der Waals surface area contributed by atoms with Crippen LogP contribution in [0.25, 0.3) is 23.3 Å². The van der Waals surface area contributed by atoms with Gasteiger partial charge in [-0.2, -0.15) is 0 Å². The van der Waals surface area contributed by atoms with Crippen molar-refractivity contribution in [2.45, 2.75) is 18.9 Å². The number of piperidine rings is 1.